The number of carbonyl (C=O) groups is 2. The van der Waals surface area contributed by atoms with E-state index < -0.39 is 12.1 Å². The highest BCUT2D eigenvalue weighted by Crippen LogP contribution is 2.32. The zero-order chi connectivity index (χ0) is 14.0. The largest absolute Gasteiger partial charge is 0.357 e. The molecule has 102 valence electrons. The van der Waals surface area contributed by atoms with Crippen molar-refractivity contribution in [3.8, 4) is 0 Å². The number of hydrogen-bond acceptors (Lipinski definition) is 3. The maximum Gasteiger partial charge on any atom is 0.244 e. The number of fused-ring (bicyclic) bond motifs is 1. The molecule has 1 aliphatic rings. The van der Waals surface area contributed by atoms with Gasteiger partial charge in [-0.2, -0.15) is 0 Å². The summed E-state index contributed by atoms with van der Waals surface area (Å²) in [5, 5.41) is 2.61. The molecular weight excluding hydrogens is 242 g/mol. The SMILES string of the molecule is CC[C@H](N)C(=O)N1c2ccccc2C[C@H]1C(=O)NC. The predicted octanol–water partition coefficient (Wildman–Crippen LogP) is 0.428. The molecule has 1 heterocycles. The van der Waals surface area contributed by atoms with Crippen molar-refractivity contribution in [1.29, 1.82) is 0 Å². The maximum atomic E-state index is 12.4. The van der Waals surface area contributed by atoms with Gasteiger partial charge in [-0.1, -0.05) is 25.1 Å². The number of likely N-dealkylation sites (N-methyl/N-ethyl adjacent to an activating group) is 1. The molecule has 19 heavy (non-hydrogen) atoms. The third kappa shape index (κ3) is 2.33. The molecule has 0 aromatic heterocycles. The van der Waals surface area contributed by atoms with Crippen LogP contribution >= 0.6 is 0 Å². The first kappa shape index (κ1) is 13.5. The fourth-order valence-electron chi connectivity index (χ4n) is 2.39. The summed E-state index contributed by atoms with van der Waals surface area (Å²) in [5.41, 5.74) is 7.64. The van der Waals surface area contributed by atoms with Crippen LogP contribution in [-0.4, -0.2) is 30.9 Å². The summed E-state index contributed by atoms with van der Waals surface area (Å²) in [6.45, 7) is 1.86. The van der Waals surface area contributed by atoms with Crippen LogP contribution in [0, 0.1) is 0 Å². The summed E-state index contributed by atoms with van der Waals surface area (Å²) in [5.74, 6) is -0.353. The molecule has 1 aromatic rings. The van der Waals surface area contributed by atoms with Crippen molar-refractivity contribution < 1.29 is 9.59 Å². The van der Waals surface area contributed by atoms with E-state index in [4.69, 9.17) is 5.73 Å². The molecule has 0 radical (unpaired) electrons. The van der Waals surface area contributed by atoms with E-state index in [9.17, 15) is 9.59 Å². The Bertz CT molecular complexity index is 501. The Labute approximate surface area is 112 Å². The van der Waals surface area contributed by atoms with Crippen LogP contribution in [-0.2, 0) is 16.0 Å². The molecule has 0 saturated carbocycles. The van der Waals surface area contributed by atoms with Crippen molar-refractivity contribution in [1.82, 2.24) is 5.32 Å². The normalized spacial score (nSPS) is 18.9. The Kier molecular flexibility index (Phi) is 3.85. The van der Waals surface area contributed by atoms with E-state index in [2.05, 4.69) is 5.32 Å². The van der Waals surface area contributed by atoms with Crippen molar-refractivity contribution in [3.63, 3.8) is 0 Å². The Hall–Kier alpha value is -1.88. The molecule has 0 fully saturated rings. The fourth-order valence-corrected chi connectivity index (χ4v) is 2.39. The number of hydrogen-bond donors (Lipinski definition) is 2. The van der Waals surface area contributed by atoms with Crippen LogP contribution < -0.4 is 16.0 Å². The lowest BCUT2D eigenvalue weighted by molar-refractivity contribution is -0.126. The lowest BCUT2D eigenvalue weighted by atomic mass is 10.1. The van der Waals surface area contributed by atoms with Gasteiger partial charge in [-0.15, -0.1) is 0 Å². The molecule has 0 aliphatic carbocycles. The molecule has 5 nitrogen and oxygen atoms in total. The van der Waals surface area contributed by atoms with Gasteiger partial charge in [-0.05, 0) is 18.1 Å². The second-order valence-electron chi connectivity index (χ2n) is 4.69. The smallest absolute Gasteiger partial charge is 0.244 e. The van der Waals surface area contributed by atoms with Crippen molar-refractivity contribution in [2.24, 2.45) is 5.73 Å². The van der Waals surface area contributed by atoms with Crippen molar-refractivity contribution in [3.05, 3.63) is 29.8 Å². The van der Waals surface area contributed by atoms with Crippen molar-refractivity contribution in [2.45, 2.75) is 31.8 Å². The molecule has 2 rings (SSSR count). The standard InChI is InChI=1S/C14H19N3O2/c1-3-10(15)14(19)17-11-7-5-4-6-9(11)8-12(17)13(18)16-2/h4-7,10,12H,3,8,15H2,1-2H3,(H,16,18)/t10-,12-/m0/s1. The van der Waals surface area contributed by atoms with E-state index in [0.29, 0.717) is 12.8 Å². The van der Waals surface area contributed by atoms with Gasteiger partial charge in [-0.25, -0.2) is 0 Å². The number of amides is 2. The van der Waals surface area contributed by atoms with E-state index in [1.54, 1.807) is 11.9 Å². The first-order valence-electron chi connectivity index (χ1n) is 6.48. The molecule has 0 bridgehead atoms. The zero-order valence-electron chi connectivity index (χ0n) is 11.2. The number of rotatable bonds is 3. The molecule has 2 amide bonds. The van der Waals surface area contributed by atoms with E-state index in [1.807, 2.05) is 31.2 Å². The Morgan fingerprint density at radius 2 is 2.16 bits per heavy atom. The second kappa shape index (κ2) is 5.40. The highest BCUT2D eigenvalue weighted by molar-refractivity contribution is 6.05. The molecule has 2 atom stereocenters. The van der Waals surface area contributed by atoms with Gasteiger partial charge >= 0.3 is 0 Å². The summed E-state index contributed by atoms with van der Waals surface area (Å²) < 4.78 is 0. The van der Waals surface area contributed by atoms with Gasteiger partial charge in [0.2, 0.25) is 11.8 Å². The first-order chi connectivity index (χ1) is 9.10. The molecule has 0 spiro atoms. The minimum absolute atomic E-state index is 0.159. The highest BCUT2D eigenvalue weighted by atomic mass is 16.2. The summed E-state index contributed by atoms with van der Waals surface area (Å²) >= 11 is 0. The number of benzene rings is 1. The van der Waals surface area contributed by atoms with E-state index in [1.165, 1.54) is 0 Å². The van der Waals surface area contributed by atoms with Gasteiger partial charge in [-0.3, -0.25) is 14.5 Å². The van der Waals surface area contributed by atoms with Gasteiger partial charge in [0.25, 0.3) is 0 Å². The summed E-state index contributed by atoms with van der Waals surface area (Å²) in [6, 6.07) is 6.51. The van der Waals surface area contributed by atoms with Crippen LogP contribution in [0.4, 0.5) is 5.69 Å². The Balaban J connectivity index is 2.39. The van der Waals surface area contributed by atoms with Crippen LogP contribution in [0.15, 0.2) is 24.3 Å². The predicted molar refractivity (Wildman–Crippen MR) is 73.8 cm³/mol. The van der Waals surface area contributed by atoms with E-state index >= 15 is 0 Å². The number of anilines is 1. The number of para-hydroxylation sites is 1. The second-order valence-corrected chi connectivity index (χ2v) is 4.69. The monoisotopic (exact) mass is 261 g/mol. The fraction of sp³-hybridized carbons (Fsp3) is 0.429. The minimum Gasteiger partial charge on any atom is -0.357 e. The average Bonchev–Trinajstić information content (AvgIpc) is 2.84. The zero-order valence-corrected chi connectivity index (χ0v) is 11.2. The topological polar surface area (TPSA) is 75.4 Å². The summed E-state index contributed by atoms with van der Waals surface area (Å²) in [6.07, 6.45) is 1.09. The number of nitrogens with zero attached hydrogens (tertiary/aromatic N) is 1. The molecule has 1 aromatic carbocycles. The summed E-state index contributed by atoms with van der Waals surface area (Å²) in [4.78, 5) is 25.9. The van der Waals surface area contributed by atoms with Gasteiger partial charge in [0.15, 0.2) is 0 Å². The number of nitrogens with two attached hydrogens (primary N) is 1. The summed E-state index contributed by atoms with van der Waals surface area (Å²) in [7, 11) is 1.58. The van der Waals surface area contributed by atoms with Crippen molar-refractivity contribution >= 4 is 17.5 Å². The molecular formula is C14H19N3O2. The minimum atomic E-state index is -0.571. The average molecular weight is 261 g/mol. The molecule has 1 aliphatic heterocycles. The third-order valence-electron chi connectivity index (χ3n) is 3.52. The molecule has 0 unspecified atom stereocenters. The lowest BCUT2D eigenvalue weighted by Crippen LogP contribution is -2.52. The van der Waals surface area contributed by atoms with Crippen LogP contribution in [0.2, 0.25) is 0 Å². The molecule has 3 N–H and O–H groups in total. The van der Waals surface area contributed by atoms with Gasteiger partial charge < -0.3 is 11.1 Å². The van der Waals surface area contributed by atoms with Gasteiger partial charge in [0.1, 0.15) is 6.04 Å². The lowest BCUT2D eigenvalue weighted by Gasteiger charge is -2.26. The highest BCUT2D eigenvalue weighted by Gasteiger charge is 2.38. The van der Waals surface area contributed by atoms with Crippen LogP contribution in [0.1, 0.15) is 18.9 Å². The van der Waals surface area contributed by atoms with Crippen LogP contribution in [0.5, 0.6) is 0 Å². The Morgan fingerprint density at radius 3 is 2.79 bits per heavy atom. The first-order valence-corrected chi connectivity index (χ1v) is 6.48. The van der Waals surface area contributed by atoms with Gasteiger partial charge in [0, 0.05) is 19.2 Å². The van der Waals surface area contributed by atoms with Crippen LogP contribution in [0.3, 0.4) is 0 Å². The molecule has 0 saturated heterocycles. The third-order valence-corrected chi connectivity index (χ3v) is 3.52. The quantitative estimate of drug-likeness (QED) is 0.828. The van der Waals surface area contributed by atoms with Gasteiger partial charge in [0.05, 0.1) is 6.04 Å². The van der Waals surface area contributed by atoms with Crippen LogP contribution in [0.25, 0.3) is 0 Å². The van der Waals surface area contributed by atoms with E-state index in [-0.39, 0.29) is 11.8 Å². The maximum absolute atomic E-state index is 12.4. The Morgan fingerprint density at radius 1 is 1.47 bits per heavy atom. The van der Waals surface area contributed by atoms with Crippen molar-refractivity contribution in [2.75, 3.05) is 11.9 Å². The molecule has 5 heteroatoms. The number of carbonyl (C=O) groups excluding carboxylic acids is 2. The van der Waals surface area contributed by atoms with E-state index in [0.717, 1.165) is 11.3 Å². The number of nitrogens with one attached hydrogen (secondary N) is 1.